The molecule has 2 N–H and O–H groups in total. The van der Waals surface area contributed by atoms with E-state index in [4.69, 9.17) is 16.3 Å². The third-order valence-electron chi connectivity index (χ3n) is 5.54. The molecule has 3 aliphatic rings. The van der Waals surface area contributed by atoms with Crippen LogP contribution in [0.4, 0.5) is 30.2 Å². The van der Waals surface area contributed by atoms with Crippen LogP contribution in [0.25, 0.3) is 11.1 Å². The number of hydrogen-bond donors (Lipinski definition) is 2. The van der Waals surface area contributed by atoms with Gasteiger partial charge in [0.2, 0.25) is 0 Å². The average Bonchev–Trinajstić information content (AvgIpc) is 3.56. The molecular weight excluding hydrogens is 546 g/mol. The van der Waals surface area contributed by atoms with E-state index in [1.165, 1.54) is 17.2 Å². The monoisotopic (exact) mass is 571 g/mol. The van der Waals surface area contributed by atoms with E-state index < -0.39 is 11.5 Å². The van der Waals surface area contributed by atoms with Crippen LogP contribution in [-0.4, -0.2) is 44.3 Å². The Kier molecular flexibility index (Phi) is 10.0. The van der Waals surface area contributed by atoms with Crippen molar-refractivity contribution < 1.29 is 22.7 Å². The number of carbonyl (C=O) groups excluding carboxylic acids is 1. The maximum atomic E-state index is 12.9. The van der Waals surface area contributed by atoms with Crippen molar-refractivity contribution in [2.75, 3.05) is 43.0 Å². The number of anilines is 3. The van der Waals surface area contributed by atoms with Crippen molar-refractivity contribution in [1.29, 1.82) is 0 Å². The van der Waals surface area contributed by atoms with Crippen LogP contribution < -0.4 is 15.5 Å². The highest BCUT2D eigenvalue weighted by molar-refractivity contribution is 8.00. The molecule has 2 aliphatic carbocycles. The number of piperazine rings is 1. The minimum absolute atomic E-state index is 0. The van der Waals surface area contributed by atoms with Crippen molar-refractivity contribution in [2.24, 2.45) is 0 Å². The zero-order valence-electron chi connectivity index (χ0n) is 19.9. The summed E-state index contributed by atoms with van der Waals surface area (Å²) >= 11 is 5.47. The van der Waals surface area contributed by atoms with Crippen LogP contribution in [0.1, 0.15) is 17.3 Å². The lowest BCUT2D eigenvalue weighted by molar-refractivity contribution is -0.0328. The smallest absolute Gasteiger partial charge is 0.446 e. The molecule has 2 aromatic rings. The molecule has 198 valence electrons. The second kappa shape index (κ2) is 12.8. The Morgan fingerprint density at radius 2 is 1.78 bits per heavy atom. The maximum absolute atomic E-state index is 12.9. The number of halogens is 5. The molecule has 0 saturated carbocycles. The van der Waals surface area contributed by atoms with Gasteiger partial charge >= 0.3 is 11.5 Å². The fourth-order valence-electron chi connectivity index (χ4n) is 3.89. The number of nitrogens with one attached hydrogen (secondary N) is 2. The molecule has 1 fully saturated rings. The van der Waals surface area contributed by atoms with Crippen LogP contribution >= 0.6 is 35.8 Å². The van der Waals surface area contributed by atoms with Gasteiger partial charge in [0.25, 0.3) is 0 Å². The van der Waals surface area contributed by atoms with Gasteiger partial charge in [0.1, 0.15) is 0 Å². The van der Waals surface area contributed by atoms with E-state index in [0.717, 1.165) is 18.1 Å². The number of thioether (sulfide) groups is 1. The Morgan fingerprint density at radius 3 is 2.35 bits per heavy atom. The van der Waals surface area contributed by atoms with Crippen LogP contribution in [0.2, 0.25) is 5.02 Å². The summed E-state index contributed by atoms with van der Waals surface area (Å²) in [6, 6.07) is 17.4. The first kappa shape index (κ1) is 29.0. The fraction of sp³-hybridized carbons (Fsp3) is 0.269. The molecule has 37 heavy (non-hydrogen) atoms. The summed E-state index contributed by atoms with van der Waals surface area (Å²) in [4.78, 5) is 14.6. The van der Waals surface area contributed by atoms with Crippen LogP contribution in [-0.2, 0) is 4.74 Å². The number of fused-ring (bicyclic) bond motifs is 1. The van der Waals surface area contributed by atoms with Gasteiger partial charge in [-0.1, -0.05) is 35.9 Å². The molecule has 0 spiro atoms. The quantitative estimate of drug-likeness (QED) is 0.186. The Balaban J connectivity index is 0.000000404. The topological polar surface area (TPSA) is 53.6 Å². The lowest BCUT2D eigenvalue weighted by Gasteiger charge is -2.32. The zero-order valence-corrected chi connectivity index (χ0v) is 22.3. The van der Waals surface area contributed by atoms with Gasteiger partial charge in [0.05, 0.1) is 29.2 Å². The molecule has 1 heterocycles. The van der Waals surface area contributed by atoms with Gasteiger partial charge in [-0.2, -0.15) is 13.2 Å². The number of para-hydroxylation sites is 2. The van der Waals surface area contributed by atoms with Crippen molar-refractivity contribution in [3.8, 4) is 11.1 Å². The third-order valence-corrected chi connectivity index (χ3v) is 6.68. The van der Waals surface area contributed by atoms with Gasteiger partial charge in [-0.15, -0.1) is 12.4 Å². The van der Waals surface area contributed by atoms with Crippen LogP contribution in [0.3, 0.4) is 0 Å². The molecule has 1 saturated heterocycles. The van der Waals surface area contributed by atoms with E-state index in [0.29, 0.717) is 35.7 Å². The van der Waals surface area contributed by atoms with Gasteiger partial charge in [0, 0.05) is 41.7 Å². The van der Waals surface area contributed by atoms with Crippen molar-refractivity contribution in [2.45, 2.75) is 17.3 Å². The van der Waals surface area contributed by atoms with Crippen LogP contribution in [0, 0.1) is 0 Å². The number of esters is 1. The van der Waals surface area contributed by atoms with E-state index in [9.17, 15) is 18.0 Å². The second-order valence-corrected chi connectivity index (χ2v) is 9.54. The molecule has 0 aromatic heterocycles. The number of carbonyl (C=O) groups is 1. The molecule has 5 rings (SSSR count). The SMILES string of the molecule is CCOC(=O)c1cccc(Nc2ccccc2SC(F)(F)F)c1N1CCNCC1.Cl.Clc1ccc2cc1-2. The number of hydrogen-bond acceptors (Lipinski definition) is 6. The van der Waals surface area contributed by atoms with Gasteiger partial charge in [0.15, 0.2) is 0 Å². The minimum atomic E-state index is -4.40. The van der Waals surface area contributed by atoms with Crippen molar-refractivity contribution >= 4 is 58.8 Å². The molecule has 5 nitrogen and oxygen atoms in total. The first-order valence-corrected chi connectivity index (χ1v) is 12.6. The number of rotatable bonds is 6. The van der Waals surface area contributed by atoms with E-state index in [2.05, 4.69) is 16.7 Å². The Labute approximate surface area is 229 Å². The van der Waals surface area contributed by atoms with E-state index in [1.54, 1.807) is 43.3 Å². The van der Waals surface area contributed by atoms with Crippen LogP contribution in [0.5, 0.6) is 0 Å². The largest absolute Gasteiger partial charge is 0.462 e. The van der Waals surface area contributed by atoms with Crippen molar-refractivity contribution in [3.63, 3.8) is 0 Å². The molecule has 0 unspecified atom stereocenters. The standard InChI is InChI=1S/C20H22F3N3O2S.C6H3Cl.ClH/c1-2-28-19(27)14-6-5-8-16(18(14)26-12-10-24-11-13-26)25-15-7-3-4-9-17(15)29-20(21,22)23;7-6-2-1-4-3-5(4)6;/h3-9,24-25H,2,10-13H2,1H3;1-3H;1H. The molecule has 1 aliphatic heterocycles. The normalized spacial score (nSPS) is 13.6. The van der Waals surface area contributed by atoms with Gasteiger partial charge < -0.3 is 20.3 Å². The minimum Gasteiger partial charge on any atom is -0.462 e. The summed E-state index contributed by atoms with van der Waals surface area (Å²) in [6.45, 7) is 4.81. The molecule has 2 aromatic carbocycles. The van der Waals surface area contributed by atoms with Gasteiger partial charge in [-0.3, -0.25) is 0 Å². The highest BCUT2D eigenvalue weighted by Gasteiger charge is 2.31. The first-order chi connectivity index (χ1) is 17.3. The summed E-state index contributed by atoms with van der Waals surface area (Å²) < 4.78 is 44.0. The average molecular weight is 572 g/mol. The summed E-state index contributed by atoms with van der Waals surface area (Å²) in [5.74, 6) is -0.456. The summed E-state index contributed by atoms with van der Waals surface area (Å²) in [6.07, 6.45) is 0. The maximum Gasteiger partial charge on any atom is 0.446 e. The molecule has 0 amide bonds. The predicted octanol–water partition coefficient (Wildman–Crippen LogP) is 7.37. The van der Waals surface area contributed by atoms with Crippen molar-refractivity contribution in [3.05, 3.63) is 71.2 Å². The third kappa shape index (κ3) is 7.70. The summed E-state index contributed by atoms with van der Waals surface area (Å²) in [5.41, 5.74) is 0.0666. The van der Waals surface area contributed by atoms with Gasteiger partial charge in [-0.05, 0) is 60.6 Å². The van der Waals surface area contributed by atoms with E-state index >= 15 is 0 Å². The van der Waals surface area contributed by atoms with E-state index in [-0.39, 0.29) is 35.7 Å². The predicted molar refractivity (Wildman–Crippen MR) is 147 cm³/mol. The lowest BCUT2D eigenvalue weighted by Crippen LogP contribution is -2.44. The van der Waals surface area contributed by atoms with E-state index in [1.807, 2.05) is 17.0 Å². The Morgan fingerprint density at radius 1 is 1.08 bits per heavy atom. The summed E-state index contributed by atoms with van der Waals surface area (Å²) in [7, 11) is 0. The van der Waals surface area contributed by atoms with Gasteiger partial charge in [-0.25, -0.2) is 4.79 Å². The first-order valence-electron chi connectivity index (χ1n) is 11.4. The molecule has 0 bridgehead atoms. The Bertz CT molecular complexity index is 1240. The number of benzene rings is 3. The number of ether oxygens (including phenoxy) is 1. The molecular formula is C26H26Cl2F3N3O2S. The zero-order chi connectivity index (χ0) is 25.7. The number of alkyl halides is 3. The second-order valence-electron chi connectivity index (χ2n) is 8.02. The van der Waals surface area contributed by atoms with Crippen molar-refractivity contribution in [1.82, 2.24) is 5.32 Å². The molecule has 0 atom stereocenters. The molecule has 11 heteroatoms. The summed E-state index contributed by atoms with van der Waals surface area (Å²) in [5, 5.41) is 7.26. The highest BCUT2D eigenvalue weighted by atomic mass is 35.5. The Hall–Kier alpha value is -2.59. The number of nitrogens with zero attached hydrogens (tertiary/aromatic N) is 1. The van der Waals surface area contributed by atoms with Crippen LogP contribution in [0.15, 0.2) is 65.6 Å². The highest BCUT2D eigenvalue weighted by Crippen LogP contribution is 2.43. The molecule has 0 radical (unpaired) electrons. The fourth-order valence-corrected chi connectivity index (χ4v) is 4.74. The lowest BCUT2D eigenvalue weighted by atomic mass is 10.1.